The number of aromatic nitrogens is 1. The maximum absolute atomic E-state index is 13.2. The summed E-state index contributed by atoms with van der Waals surface area (Å²) in [4.78, 5) is 29.6. The minimum Gasteiger partial charge on any atom is -0.354 e. The van der Waals surface area contributed by atoms with E-state index >= 15 is 0 Å². The van der Waals surface area contributed by atoms with Gasteiger partial charge < -0.3 is 4.98 Å². The van der Waals surface area contributed by atoms with Crippen LogP contribution in [0.3, 0.4) is 0 Å². The zero-order chi connectivity index (χ0) is 18.8. The number of para-hydroxylation sites is 1. The summed E-state index contributed by atoms with van der Waals surface area (Å²) in [5.41, 5.74) is 2.56. The molecule has 4 nitrogen and oxygen atoms in total. The fourth-order valence-electron chi connectivity index (χ4n) is 3.11. The lowest BCUT2D eigenvalue weighted by Crippen LogP contribution is -2.19. The first-order valence-corrected chi connectivity index (χ1v) is 8.44. The van der Waals surface area contributed by atoms with Crippen molar-refractivity contribution in [3.8, 4) is 17.3 Å². The van der Waals surface area contributed by atoms with Crippen molar-refractivity contribution in [2.45, 2.75) is 0 Å². The van der Waals surface area contributed by atoms with E-state index in [9.17, 15) is 9.59 Å². The summed E-state index contributed by atoms with van der Waals surface area (Å²) in [5.74, 6) is -0.370. The van der Waals surface area contributed by atoms with Crippen LogP contribution < -0.4 is 5.43 Å². The number of aromatic amines is 1. The van der Waals surface area contributed by atoms with Crippen LogP contribution in [0.5, 0.6) is 0 Å². The van der Waals surface area contributed by atoms with Gasteiger partial charge in [0.2, 0.25) is 5.43 Å². The lowest BCUT2D eigenvalue weighted by Gasteiger charge is -2.11. The van der Waals surface area contributed by atoms with E-state index in [1.807, 2.05) is 48.5 Å². The van der Waals surface area contributed by atoms with Crippen LogP contribution in [-0.2, 0) is 0 Å². The summed E-state index contributed by atoms with van der Waals surface area (Å²) in [6.07, 6.45) is 0. The van der Waals surface area contributed by atoms with Gasteiger partial charge in [-0.15, -0.1) is 0 Å². The molecule has 4 aromatic rings. The lowest BCUT2D eigenvalue weighted by atomic mass is 9.95. The summed E-state index contributed by atoms with van der Waals surface area (Å²) < 4.78 is 0. The van der Waals surface area contributed by atoms with Crippen molar-refractivity contribution in [3.05, 3.63) is 106 Å². The molecule has 0 fully saturated rings. The van der Waals surface area contributed by atoms with Crippen LogP contribution in [0.15, 0.2) is 83.7 Å². The molecule has 3 aromatic carbocycles. The monoisotopic (exact) mass is 350 g/mol. The van der Waals surface area contributed by atoms with Gasteiger partial charge in [0.15, 0.2) is 5.78 Å². The van der Waals surface area contributed by atoms with Crippen LogP contribution in [0.1, 0.15) is 21.5 Å². The number of H-pyrrole nitrogens is 1. The molecule has 1 heterocycles. The van der Waals surface area contributed by atoms with Crippen molar-refractivity contribution in [1.29, 1.82) is 5.26 Å². The molecule has 128 valence electrons. The van der Waals surface area contributed by atoms with Crippen molar-refractivity contribution in [2.75, 3.05) is 0 Å². The number of nitrogens with one attached hydrogen (secondary N) is 1. The lowest BCUT2D eigenvalue weighted by molar-refractivity contribution is 0.103. The summed E-state index contributed by atoms with van der Waals surface area (Å²) >= 11 is 0. The highest BCUT2D eigenvalue weighted by molar-refractivity contribution is 6.13. The summed E-state index contributed by atoms with van der Waals surface area (Å²) in [6.45, 7) is 0. The summed E-state index contributed by atoms with van der Waals surface area (Å²) in [5, 5.41) is 9.42. The molecule has 4 heteroatoms. The van der Waals surface area contributed by atoms with E-state index < -0.39 is 0 Å². The quantitative estimate of drug-likeness (QED) is 0.560. The van der Waals surface area contributed by atoms with Crippen LogP contribution in [0.4, 0.5) is 0 Å². The Morgan fingerprint density at radius 2 is 1.52 bits per heavy atom. The normalized spacial score (nSPS) is 10.5. The zero-order valence-electron chi connectivity index (χ0n) is 14.3. The van der Waals surface area contributed by atoms with Gasteiger partial charge in [0.1, 0.15) is 0 Å². The molecule has 27 heavy (non-hydrogen) atoms. The second kappa shape index (κ2) is 6.74. The summed E-state index contributed by atoms with van der Waals surface area (Å²) in [7, 11) is 0. The fourth-order valence-corrected chi connectivity index (χ4v) is 3.11. The van der Waals surface area contributed by atoms with Crippen molar-refractivity contribution in [1.82, 2.24) is 4.98 Å². The third-order valence-corrected chi connectivity index (χ3v) is 4.47. The van der Waals surface area contributed by atoms with Gasteiger partial charge in [0.25, 0.3) is 0 Å². The third-order valence-electron chi connectivity index (χ3n) is 4.47. The highest BCUT2D eigenvalue weighted by atomic mass is 16.1. The van der Waals surface area contributed by atoms with Gasteiger partial charge in [-0.25, -0.2) is 0 Å². The Morgan fingerprint density at radius 3 is 2.22 bits per heavy atom. The molecular weight excluding hydrogens is 336 g/mol. The number of hydrogen-bond acceptors (Lipinski definition) is 3. The molecule has 4 rings (SSSR count). The molecule has 0 aliphatic heterocycles. The van der Waals surface area contributed by atoms with Gasteiger partial charge in [0, 0.05) is 16.5 Å². The van der Waals surface area contributed by atoms with E-state index in [4.69, 9.17) is 5.26 Å². The Bertz CT molecular complexity index is 1250. The topological polar surface area (TPSA) is 73.7 Å². The molecule has 1 N–H and O–H groups in total. The molecule has 0 spiro atoms. The molecule has 0 saturated carbocycles. The van der Waals surface area contributed by atoms with Crippen molar-refractivity contribution < 1.29 is 4.79 Å². The van der Waals surface area contributed by atoms with Crippen LogP contribution in [0, 0.1) is 11.3 Å². The van der Waals surface area contributed by atoms with Gasteiger partial charge in [-0.2, -0.15) is 5.26 Å². The number of ketones is 1. The molecule has 0 radical (unpaired) electrons. The number of rotatable bonds is 3. The zero-order valence-corrected chi connectivity index (χ0v) is 14.3. The molecule has 0 amide bonds. The van der Waals surface area contributed by atoms with Crippen molar-refractivity contribution in [3.63, 3.8) is 0 Å². The van der Waals surface area contributed by atoms with Crippen LogP contribution in [-0.4, -0.2) is 10.8 Å². The van der Waals surface area contributed by atoms with Gasteiger partial charge in [-0.1, -0.05) is 42.5 Å². The largest absolute Gasteiger partial charge is 0.354 e. The van der Waals surface area contributed by atoms with Crippen molar-refractivity contribution in [2.24, 2.45) is 0 Å². The number of carbonyl (C=O) groups excluding carboxylic acids is 1. The van der Waals surface area contributed by atoms with Gasteiger partial charge >= 0.3 is 0 Å². The van der Waals surface area contributed by atoms with E-state index in [0.29, 0.717) is 27.7 Å². The Kier molecular flexibility index (Phi) is 4.12. The minimum atomic E-state index is -0.370. The average Bonchev–Trinajstić information content (AvgIpc) is 2.74. The average molecular weight is 350 g/mol. The van der Waals surface area contributed by atoms with E-state index in [1.165, 1.54) is 0 Å². The number of fused-ring (bicyclic) bond motifs is 1. The number of carbonyl (C=O) groups is 1. The van der Waals surface area contributed by atoms with E-state index in [-0.39, 0.29) is 16.8 Å². The number of hydrogen-bond donors (Lipinski definition) is 1. The standard InChI is InChI=1S/C23H14N2O2/c24-14-15-10-12-17(13-11-15)22(26)20-21(16-6-2-1-3-7-16)25-19-9-5-4-8-18(19)23(20)27/h1-13H,(H,25,27). The Morgan fingerprint density at radius 1 is 0.852 bits per heavy atom. The van der Waals surface area contributed by atoms with E-state index in [1.54, 1.807) is 36.4 Å². The van der Waals surface area contributed by atoms with Gasteiger partial charge in [-0.3, -0.25) is 9.59 Å². The molecule has 0 unspecified atom stereocenters. The first kappa shape index (κ1) is 16.5. The molecule has 0 aliphatic carbocycles. The predicted octanol–water partition coefficient (Wildman–Crippen LogP) is 4.30. The highest BCUT2D eigenvalue weighted by Crippen LogP contribution is 2.24. The number of nitriles is 1. The van der Waals surface area contributed by atoms with Crippen molar-refractivity contribution >= 4 is 16.7 Å². The Hall–Kier alpha value is -3.97. The van der Waals surface area contributed by atoms with Crippen LogP contribution in [0.2, 0.25) is 0 Å². The third kappa shape index (κ3) is 2.92. The van der Waals surface area contributed by atoms with Gasteiger partial charge in [-0.05, 0) is 42.0 Å². The van der Waals surface area contributed by atoms with E-state index in [2.05, 4.69) is 4.98 Å². The van der Waals surface area contributed by atoms with Gasteiger partial charge in [0.05, 0.1) is 22.9 Å². The maximum atomic E-state index is 13.2. The first-order valence-electron chi connectivity index (χ1n) is 8.44. The number of nitrogens with zero attached hydrogens (tertiary/aromatic N) is 1. The minimum absolute atomic E-state index is 0.101. The Labute approximate surface area is 155 Å². The second-order valence-electron chi connectivity index (χ2n) is 6.13. The van der Waals surface area contributed by atoms with Crippen LogP contribution >= 0.6 is 0 Å². The SMILES string of the molecule is N#Cc1ccc(C(=O)c2c(-c3ccccc3)[nH]c3ccccc3c2=O)cc1. The first-order chi connectivity index (χ1) is 13.2. The predicted molar refractivity (Wildman–Crippen MR) is 105 cm³/mol. The number of benzene rings is 3. The molecule has 0 aliphatic rings. The summed E-state index contributed by atoms with van der Waals surface area (Å²) in [6, 6.07) is 24.8. The van der Waals surface area contributed by atoms with Crippen LogP contribution in [0.25, 0.3) is 22.2 Å². The number of pyridine rings is 1. The van der Waals surface area contributed by atoms with E-state index in [0.717, 1.165) is 5.56 Å². The smallest absolute Gasteiger partial charge is 0.201 e. The Balaban J connectivity index is 2.00. The highest BCUT2D eigenvalue weighted by Gasteiger charge is 2.21. The molecule has 0 saturated heterocycles. The maximum Gasteiger partial charge on any atom is 0.201 e. The molecule has 0 atom stereocenters. The fraction of sp³-hybridized carbons (Fsp3) is 0. The molecular formula is C23H14N2O2. The molecule has 0 bridgehead atoms. The second-order valence-corrected chi connectivity index (χ2v) is 6.13. The molecule has 1 aromatic heterocycles.